The summed E-state index contributed by atoms with van der Waals surface area (Å²) in [6.07, 6.45) is 1.80. The van der Waals surface area contributed by atoms with Gasteiger partial charge in [0.1, 0.15) is 0 Å². The molecule has 1 saturated heterocycles. The zero-order valence-corrected chi connectivity index (χ0v) is 17.9. The molecule has 2 rings (SSSR count). The molecule has 1 aromatic rings. The van der Waals surface area contributed by atoms with Crippen LogP contribution in [-0.2, 0) is 27.7 Å². The molecule has 6 nitrogen and oxygen atoms in total. The fraction of sp³-hybridized carbons (Fsp3) is 0.588. The number of nitrogens with one attached hydrogen (secondary N) is 2. The van der Waals surface area contributed by atoms with Crippen LogP contribution in [0, 0.1) is 0 Å². The number of halogens is 2. The number of amides is 1. The predicted octanol–water partition coefficient (Wildman–Crippen LogP) is 1.37. The van der Waals surface area contributed by atoms with E-state index < -0.39 is 14.6 Å². The summed E-state index contributed by atoms with van der Waals surface area (Å²) in [4.78, 5) is 14.8. The van der Waals surface area contributed by atoms with E-state index in [0.29, 0.717) is 32.5 Å². The van der Waals surface area contributed by atoms with Gasteiger partial charge < -0.3 is 15.5 Å². The van der Waals surface area contributed by atoms with E-state index in [9.17, 15) is 13.2 Å². The van der Waals surface area contributed by atoms with Crippen LogP contribution in [0.1, 0.15) is 24.0 Å². The van der Waals surface area contributed by atoms with Gasteiger partial charge in [0.05, 0.1) is 0 Å². The molecule has 0 saturated carbocycles. The van der Waals surface area contributed by atoms with Crippen LogP contribution < -0.4 is 10.6 Å². The number of rotatable bonds is 6. The summed E-state index contributed by atoms with van der Waals surface area (Å²) >= 11 is 0. The Hall–Kier alpha value is -0.860. The van der Waals surface area contributed by atoms with Crippen LogP contribution >= 0.6 is 24.8 Å². The normalized spacial score (nSPS) is 16.3. The Morgan fingerprint density at radius 3 is 2.19 bits per heavy atom. The van der Waals surface area contributed by atoms with Gasteiger partial charge in [-0.2, -0.15) is 0 Å². The summed E-state index contributed by atoms with van der Waals surface area (Å²) in [6.45, 7) is 2.19. The highest BCUT2D eigenvalue weighted by molar-refractivity contribution is 7.92. The quantitative estimate of drug-likeness (QED) is 0.719. The van der Waals surface area contributed by atoms with E-state index >= 15 is 0 Å². The van der Waals surface area contributed by atoms with Crippen molar-refractivity contribution in [2.24, 2.45) is 0 Å². The summed E-state index contributed by atoms with van der Waals surface area (Å²) in [5.74, 6) is -0.383. The van der Waals surface area contributed by atoms with Crippen LogP contribution in [-0.4, -0.2) is 57.4 Å². The highest BCUT2D eigenvalue weighted by Gasteiger charge is 2.48. The van der Waals surface area contributed by atoms with Gasteiger partial charge in [-0.3, -0.25) is 4.79 Å². The molecule has 0 atom stereocenters. The lowest BCUT2D eigenvalue weighted by Gasteiger charge is -2.34. The molecular formula is C17H29Cl2N3O3S. The highest BCUT2D eigenvalue weighted by Crippen LogP contribution is 2.28. The van der Waals surface area contributed by atoms with E-state index in [1.165, 1.54) is 0 Å². The maximum Gasteiger partial charge on any atom is 0.241 e. The first-order valence-corrected chi connectivity index (χ1v) is 10.1. The van der Waals surface area contributed by atoms with Gasteiger partial charge in [0.2, 0.25) is 5.91 Å². The Morgan fingerprint density at radius 1 is 1.15 bits per heavy atom. The van der Waals surface area contributed by atoms with E-state index in [0.717, 1.165) is 23.9 Å². The molecule has 0 bridgehead atoms. The fourth-order valence-electron chi connectivity index (χ4n) is 3.16. The number of carbonyl (C=O) groups excluding carboxylic acids is 1. The van der Waals surface area contributed by atoms with E-state index in [1.807, 2.05) is 38.4 Å². The van der Waals surface area contributed by atoms with Gasteiger partial charge in [-0.1, -0.05) is 24.3 Å². The Kier molecular flexibility index (Phi) is 10.1. The molecule has 1 fully saturated rings. The topological polar surface area (TPSA) is 78.5 Å². The summed E-state index contributed by atoms with van der Waals surface area (Å²) in [7, 11) is 0.498. The van der Waals surface area contributed by atoms with Crippen molar-refractivity contribution >= 4 is 40.6 Å². The van der Waals surface area contributed by atoms with Crippen molar-refractivity contribution in [2.75, 3.05) is 33.4 Å². The van der Waals surface area contributed by atoms with Crippen LogP contribution in [0.3, 0.4) is 0 Å². The maximum atomic E-state index is 12.7. The number of hydrogen-bond donors (Lipinski definition) is 2. The Balaban J connectivity index is 0.00000312. The van der Waals surface area contributed by atoms with Crippen molar-refractivity contribution in [1.82, 2.24) is 15.5 Å². The number of carbonyl (C=O) groups is 1. The van der Waals surface area contributed by atoms with Crippen molar-refractivity contribution in [3.63, 3.8) is 0 Å². The van der Waals surface area contributed by atoms with Gasteiger partial charge >= 0.3 is 0 Å². The van der Waals surface area contributed by atoms with Crippen LogP contribution in [0.4, 0.5) is 0 Å². The van der Waals surface area contributed by atoms with Crippen LogP contribution in [0.25, 0.3) is 0 Å². The van der Waals surface area contributed by atoms with Gasteiger partial charge in [-0.15, -0.1) is 24.8 Å². The average Bonchev–Trinajstić information content (AvgIpc) is 2.53. The minimum atomic E-state index is -3.48. The largest absolute Gasteiger partial charge is 0.351 e. The minimum absolute atomic E-state index is 0. The number of sulfone groups is 1. The SMILES string of the molecule is CN(C)Cc1ccccc1CNC(=O)C1(S(C)(=O)=O)CCNCC1.Cl.Cl. The predicted molar refractivity (Wildman–Crippen MR) is 110 cm³/mol. The van der Waals surface area contributed by atoms with Gasteiger partial charge in [0.25, 0.3) is 0 Å². The molecule has 1 aromatic carbocycles. The highest BCUT2D eigenvalue weighted by atomic mass is 35.5. The lowest BCUT2D eigenvalue weighted by Crippen LogP contribution is -2.57. The zero-order chi connectivity index (χ0) is 17.8. The first kappa shape index (κ1) is 25.1. The number of hydrogen-bond acceptors (Lipinski definition) is 5. The second kappa shape index (κ2) is 10.5. The summed E-state index contributed by atoms with van der Waals surface area (Å²) in [5, 5.41) is 5.99. The Morgan fingerprint density at radius 2 is 1.69 bits per heavy atom. The molecule has 1 aliphatic rings. The molecule has 9 heteroatoms. The third-order valence-electron chi connectivity index (χ3n) is 4.58. The van der Waals surface area contributed by atoms with E-state index in [2.05, 4.69) is 15.5 Å². The number of piperidine rings is 1. The minimum Gasteiger partial charge on any atom is -0.351 e. The molecule has 0 aromatic heterocycles. The van der Waals surface area contributed by atoms with Gasteiger partial charge in [-0.25, -0.2) is 8.42 Å². The molecule has 0 unspecified atom stereocenters. The van der Waals surface area contributed by atoms with Crippen molar-refractivity contribution in [3.05, 3.63) is 35.4 Å². The Labute approximate surface area is 168 Å². The second-order valence-electron chi connectivity index (χ2n) is 6.71. The van der Waals surface area contributed by atoms with Gasteiger partial charge in [0.15, 0.2) is 14.6 Å². The summed E-state index contributed by atoms with van der Waals surface area (Å²) < 4.78 is 23.2. The molecule has 2 N–H and O–H groups in total. The number of nitrogens with zero attached hydrogens (tertiary/aromatic N) is 1. The van der Waals surface area contributed by atoms with Gasteiger partial charge in [-0.05, 0) is 51.2 Å². The lowest BCUT2D eigenvalue weighted by molar-refractivity contribution is -0.124. The van der Waals surface area contributed by atoms with E-state index in [4.69, 9.17) is 0 Å². The van der Waals surface area contributed by atoms with Crippen molar-refractivity contribution in [2.45, 2.75) is 30.7 Å². The standard InChI is InChI=1S/C17H27N3O3S.2ClH/c1-20(2)13-15-7-5-4-6-14(15)12-19-16(21)17(24(3,22)23)8-10-18-11-9-17;;/h4-7,18H,8-13H2,1-3H3,(H,19,21);2*1H. The number of benzene rings is 1. The molecule has 1 aliphatic heterocycles. The molecular weight excluding hydrogens is 397 g/mol. The van der Waals surface area contributed by atoms with Crippen molar-refractivity contribution in [1.29, 1.82) is 0 Å². The van der Waals surface area contributed by atoms with E-state index in [-0.39, 0.29) is 30.7 Å². The molecule has 1 amide bonds. The molecule has 26 heavy (non-hydrogen) atoms. The molecule has 1 heterocycles. The molecule has 150 valence electrons. The average molecular weight is 426 g/mol. The maximum absolute atomic E-state index is 12.7. The van der Waals surface area contributed by atoms with Crippen LogP contribution in [0.5, 0.6) is 0 Å². The monoisotopic (exact) mass is 425 g/mol. The lowest BCUT2D eigenvalue weighted by atomic mass is 9.95. The zero-order valence-electron chi connectivity index (χ0n) is 15.4. The first-order valence-electron chi connectivity index (χ1n) is 8.16. The third kappa shape index (κ3) is 5.82. The molecule has 0 radical (unpaired) electrons. The molecule has 0 spiro atoms. The fourth-order valence-corrected chi connectivity index (χ4v) is 4.51. The van der Waals surface area contributed by atoms with Crippen molar-refractivity contribution < 1.29 is 13.2 Å². The summed E-state index contributed by atoms with van der Waals surface area (Å²) in [5.41, 5.74) is 2.14. The smallest absolute Gasteiger partial charge is 0.241 e. The van der Waals surface area contributed by atoms with E-state index in [1.54, 1.807) is 0 Å². The van der Waals surface area contributed by atoms with Crippen molar-refractivity contribution in [3.8, 4) is 0 Å². The third-order valence-corrected chi connectivity index (χ3v) is 6.59. The summed E-state index contributed by atoms with van der Waals surface area (Å²) in [6, 6.07) is 7.89. The van der Waals surface area contributed by atoms with Crippen LogP contribution in [0.15, 0.2) is 24.3 Å². The van der Waals surface area contributed by atoms with Crippen LogP contribution in [0.2, 0.25) is 0 Å². The second-order valence-corrected chi connectivity index (χ2v) is 9.03. The Bertz CT molecular complexity index is 690. The first-order chi connectivity index (χ1) is 11.3. The molecule has 0 aliphatic carbocycles. The van der Waals surface area contributed by atoms with Gasteiger partial charge in [0, 0.05) is 19.3 Å².